The Labute approximate surface area is 101 Å². The number of aliphatic carboxylic acids is 1. The van der Waals surface area contributed by atoms with Crippen molar-refractivity contribution in [2.45, 2.75) is 0 Å². The molecular weight excluding hydrogens is 238 g/mol. The third kappa shape index (κ3) is 3.02. The third-order valence-corrected chi connectivity index (χ3v) is 2.03. The quantitative estimate of drug-likeness (QED) is 0.602. The smallest absolute Gasteiger partial charge is 0.376 e. The summed E-state index contributed by atoms with van der Waals surface area (Å²) in [6, 6.07) is 5.56. The average molecular weight is 245 g/mol. The van der Waals surface area contributed by atoms with E-state index < -0.39 is 17.7 Å². The minimum absolute atomic E-state index is 0.0626. The highest BCUT2D eigenvalue weighted by Gasteiger charge is 2.10. The van der Waals surface area contributed by atoms with Crippen LogP contribution in [-0.4, -0.2) is 27.9 Å². The highest BCUT2D eigenvalue weighted by atomic mass is 16.4. The van der Waals surface area contributed by atoms with Gasteiger partial charge in [-0.1, -0.05) is 12.1 Å². The molecule has 6 heteroatoms. The molecule has 0 aliphatic heterocycles. The second kappa shape index (κ2) is 5.41. The van der Waals surface area contributed by atoms with E-state index in [1.165, 1.54) is 24.3 Å². The molecule has 2 N–H and O–H groups in total. The highest BCUT2D eigenvalue weighted by molar-refractivity contribution is 6.38. The number of carboxylic acids is 2. The van der Waals surface area contributed by atoms with Crippen molar-refractivity contribution in [3.05, 3.63) is 41.0 Å². The lowest BCUT2D eigenvalue weighted by atomic mass is 10.0. The summed E-state index contributed by atoms with van der Waals surface area (Å²) in [6.45, 7) is 0. The molecular formula is C12H7NO5. The van der Waals surface area contributed by atoms with Crippen LogP contribution in [-0.2, 0) is 9.59 Å². The molecule has 0 fully saturated rings. The lowest BCUT2D eigenvalue weighted by Crippen LogP contribution is -2.08. The number of rotatable bonds is 4. The predicted molar refractivity (Wildman–Crippen MR) is 59.8 cm³/mol. The molecule has 0 bridgehead atoms. The third-order valence-electron chi connectivity index (χ3n) is 2.03. The van der Waals surface area contributed by atoms with Gasteiger partial charge in [0, 0.05) is 0 Å². The van der Waals surface area contributed by atoms with E-state index in [2.05, 4.69) is 0 Å². The SMILES string of the molecule is N#Cc1cc(/C=C/C(=O)C(=O)O)ccc1C(=O)O. The van der Waals surface area contributed by atoms with Crippen LogP contribution in [0.5, 0.6) is 0 Å². The molecule has 0 saturated heterocycles. The molecule has 1 rings (SSSR count). The molecule has 1 aromatic rings. The molecule has 0 aromatic heterocycles. The molecule has 0 spiro atoms. The number of nitriles is 1. The van der Waals surface area contributed by atoms with Crippen LogP contribution in [0, 0.1) is 11.3 Å². The maximum absolute atomic E-state index is 10.8. The summed E-state index contributed by atoms with van der Waals surface area (Å²) in [4.78, 5) is 31.8. The number of hydrogen-bond donors (Lipinski definition) is 2. The van der Waals surface area contributed by atoms with Crippen molar-refractivity contribution in [1.29, 1.82) is 5.26 Å². The second-order valence-electron chi connectivity index (χ2n) is 3.22. The van der Waals surface area contributed by atoms with Gasteiger partial charge in [0.15, 0.2) is 0 Å². The first-order valence-electron chi connectivity index (χ1n) is 4.68. The van der Waals surface area contributed by atoms with E-state index in [0.29, 0.717) is 5.56 Å². The van der Waals surface area contributed by atoms with E-state index in [1.807, 2.05) is 0 Å². The molecule has 0 atom stereocenters. The summed E-state index contributed by atoms with van der Waals surface area (Å²) in [7, 11) is 0. The molecule has 18 heavy (non-hydrogen) atoms. The monoisotopic (exact) mass is 245 g/mol. The zero-order chi connectivity index (χ0) is 13.7. The van der Waals surface area contributed by atoms with Crippen LogP contribution in [0.3, 0.4) is 0 Å². The number of nitrogens with zero attached hydrogens (tertiary/aromatic N) is 1. The maximum Gasteiger partial charge on any atom is 0.376 e. The zero-order valence-corrected chi connectivity index (χ0v) is 8.95. The molecule has 0 unspecified atom stereocenters. The number of hydrogen-bond acceptors (Lipinski definition) is 4. The molecule has 0 aliphatic carbocycles. The topological polar surface area (TPSA) is 115 Å². The van der Waals surface area contributed by atoms with Crippen LogP contribution in [0.25, 0.3) is 6.08 Å². The fourth-order valence-electron chi connectivity index (χ4n) is 1.19. The van der Waals surface area contributed by atoms with Crippen molar-refractivity contribution in [3.8, 4) is 6.07 Å². The zero-order valence-electron chi connectivity index (χ0n) is 8.95. The predicted octanol–water partition coefficient (Wildman–Crippen LogP) is 0.923. The molecule has 0 radical (unpaired) electrons. The molecule has 0 heterocycles. The highest BCUT2D eigenvalue weighted by Crippen LogP contribution is 2.12. The molecule has 1 aromatic carbocycles. The number of ketones is 1. The lowest BCUT2D eigenvalue weighted by molar-refractivity contribution is -0.146. The Morgan fingerprint density at radius 3 is 2.39 bits per heavy atom. The molecule has 6 nitrogen and oxygen atoms in total. The van der Waals surface area contributed by atoms with Gasteiger partial charge in [-0.15, -0.1) is 0 Å². The normalized spacial score (nSPS) is 9.94. The number of carbonyl (C=O) groups excluding carboxylic acids is 1. The number of benzene rings is 1. The first kappa shape index (κ1) is 13.1. The van der Waals surface area contributed by atoms with Gasteiger partial charge in [-0.2, -0.15) is 5.26 Å². The van der Waals surface area contributed by atoms with Crippen molar-refractivity contribution < 1.29 is 24.6 Å². The standard InChI is InChI=1S/C12H7NO5/c13-6-8-5-7(1-3-9(8)11(15)16)2-4-10(14)12(17)18/h1-5H,(H,15,16)(H,17,18)/b4-2+. The van der Waals surface area contributed by atoms with Crippen LogP contribution in [0.2, 0.25) is 0 Å². The van der Waals surface area contributed by atoms with Gasteiger partial charge in [-0.05, 0) is 23.8 Å². The number of carboxylic acid groups (broad SMARTS) is 2. The van der Waals surface area contributed by atoms with Crippen LogP contribution in [0.15, 0.2) is 24.3 Å². The van der Waals surface area contributed by atoms with Crippen molar-refractivity contribution >= 4 is 23.8 Å². The van der Waals surface area contributed by atoms with E-state index in [-0.39, 0.29) is 11.1 Å². The Balaban J connectivity index is 3.08. The Kier molecular flexibility index (Phi) is 3.94. The second-order valence-corrected chi connectivity index (χ2v) is 3.22. The summed E-state index contributed by atoms with van der Waals surface area (Å²) < 4.78 is 0. The van der Waals surface area contributed by atoms with Crippen LogP contribution in [0.4, 0.5) is 0 Å². The maximum atomic E-state index is 10.8. The first-order valence-corrected chi connectivity index (χ1v) is 4.68. The Morgan fingerprint density at radius 1 is 1.22 bits per heavy atom. The van der Waals surface area contributed by atoms with Gasteiger partial charge in [0.05, 0.1) is 11.1 Å². The summed E-state index contributed by atoms with van der Waals surface area (Å²) in [5.41, 5.74) is 0.151. The largest absolute Gasteiger partial charge is 0.478 e. The Bertz CT molecular complexity index is 595. The van der Waals surface area contributed by atoms with Gasteiger partial charge in [-0.3, -0.25) is 4.79 Å². The fraction of sp³-hybridized carbons (Fsp3) is 0. The summed E-state index contributed by atoms with van der Waals surface area (Å²) in [5, 5.41) is 25.9. The number of carbonyl (C=O) groups is 3. The minimum Gasteiger partial charge on any atom is -0.478 e. The van der Waals surface area contributed by atoms with Crippen LogP contribution < -0.4 is 0 Å². The van der Waals surface area contributed by atoms with E-state index in [4.69, 9.17) is 15.5 Å². The van der Waals surface area contributed by atoms with Crippen LogP contribution >= 0.6 is 0 Å². The van der Waals surface area contributed by atoms with Crippen molar-refractivity contribution in [3.63, 3.8) is 0 Å². The van der Waals surface area contributed by atoms with Crippen molar-refractivity contribution in [2.24, 2.45) is 0 Å². The van der Waals surface area contributed by atoms with Gasteiger partial charge >= 0.3 is 11.9 Å². The Hall–Kier alpha value is -2.94. The summed E-state index contributed by atoms with van der Waals surface area (Å²) >= 11 is 0. The van der Waals surface area contributed by atoms with E-state index in [0.717, 1.165) is 6.08 Å². The van der Waals surface area contributed by atoms with E-state index in [1.54, 1.807) is 6.07 Å². The first-order chi connectivity index (χ1) is 8.45. The van der Waals surface area contributed by atoms with Gasteiger partial charge in [0.1, 0.15) is 6.07 Å². The van der Waals surface area contributed by atoms with E-state index in [9.17, 15) is 14.4 Å². The molecule has 0 aliphatic rings. The van der Waals surface area contributed by atoms with Crippen LogP contribution in [0.1, 0.15) is 21.5 Å². The summed E-state index contributed by atoms with van der Waals surface area (Å²) in [6.07, 6.45) is 2.03. The average Bonchev–Trinajstić information content (AvgIpc) is 2.34. The number of aromatic carboxylic acids is 1. The fourth-order valence-corrected chi connectivity index (χ4v) is 1.19. The molecule has 90 valence electrons. The molecule has 0 saturated carbocycles. The molecule has 0 amide bonds. The van der Waals surface area contributed by atoms with Crippen molar-refractivity contribution in [2.75, 3.05) is 0 Å². The van der Waals surface area contributed by atoms with Gasteiger partial charge < -0.3 is 10.2 Å². The lowest BCUT2D eigenvalue weighted by Gasteiger charge is -1.99. The summed E-state index contributed by atoms with van der Waals surface area (Å²) in [5.74, 6) is -3.92. The van der Waals surface area contributed by atoms with E-state index >= 15 is 0 Å². The van der Waals surface area contributed by atoms with Gasteiger partial charge in [0.25, 0.3) is 5.78 Å². The van der Waals surface area contributed by atoms with Gasteiger partial charge in [0.2, 0.25) is 0 Å². The van der Waals surface area contributed by atoms with Crippen molar-refractivity contribution in [1.82, 2.24) is 0 Å². The van der Waals surface area contributed by atoms with Gasteiger partial charge in [-0.25, -0.2) is 9.59 Å². The Morgan fingerprint density at radius 2 is 1.89 bits per heavy atom. The minimum atomic E-state index is -1.59.